The Morgan fingerprint density at radius 3 is 2.11 bits per heavy atom. The molecule has 0 atom stereocenters. The second kappa shape index (κ2) is 10.7. The van der Waals surface area contributed by atoms with Gasteiger partial charge in [0.2, 0.25) is 0 Å². The Labute approximate surface area is 208 Å². The molecule has 1 heterocycles. The minimum atomic E-state index is -4.43. The number of rotatable bonds is 9. The predicted octanol–water partition coefficient (Wildman–Crippen LogP) is 6.55. The molecule has 0 aliphatic heterocycles. The molecule has 4 aromatic rings. The first-order valence-corrected chi connectivity index (χ1v) is 11.4. The first-order chi connectivity index (χ1) is 17.2. The van der Waals surface area contributed by atoms with Gasteiger partial charge in [-0.15, -0.1) is 11.3 Å². The summed E-state index contributed by atoms with van der Waals surface area (Å²) in [5.41, 5.74) is 1.21. The number of para-hydroxylation sites is 2. The smallest absolute Gasteiger partial charge is 0.416 e. The first-order valence-electron chi connectivity index (χ1n) is 10.6. The molecular weight excluding hydrogens is 495 g/mol. The van der Waals surface area contributed by atoms with Gasteiger partial charge in [0.25, 0.3) is 0 Å². The fourth-order valence-electron chi connectivity index (χ4n) is 3.34. The third-order valence-corrected chi connectivity index (χ3v) is 6.14. The number of carboxylic acid groups (broad SMARTS) is 1. The molecule has 0 bridgehead atoms. The van der Waals surface area contributed by atoms with Gasteiger partial charge in [0, 0.05) is 5.56 Å². The summed E-state index contributed by atoms with van der Waals surface area (Å²) < 4.78 is 55.5. The van der Waals surface area contributed by atoms with Gasteiger partial charge >= 0.3 is 12.1 Å². The fourth-order valence-corrected chi connectivity index (χ4v) is 4.35. The highest BCUT2D eigenvalue weighted by Gasteiger charge is 2.30. The van der Waals surface area contributed by atoms with Crippen molar-refractivity contribution in [3.63, 3.8) is 0 Å². The zero-order valence-electron chi connectivity index (χ0n) is 18.9. The van der Waals surface area contributed by atoms with Gasteiger partial charge in [-0.2, -0.15) is 13.2 Å². The maximum absolute atomic E-state index is 13.1. The summed E-state index contributed by atoms with van der Waals surface area (Å²) in [7, 11) is 1.55. The molecule has 4 rings (SSSR count). The van der Waals surface area contributed by atoms with E-state index in [-0.39, 0.29) is 12.4 Å². The van der Waals surface area contributed by atoms with Crippen LogP contribution in [0.25, 0.3) is 21.7 Å². The van der Waals surface area contributed by atoms with Crippen molar-refractivity contribution in [2.45, 2.75) is 12.8 Å². The number of aliphatic carboxylic acids is 1. The molecule has 3 aromatic carbocycles. The lowest BCUT2D eigenvalue weighted by atomic mass is 10.1. The van der Waals surface area contributed by atoms with Crippen LogP contribution in [0, 0.1) is 0 Å². The van der Waals surface area contributed by atoms with E-state index in [1.54, 1.807) is 43.5 Å². The monoisotopic (exact) mass is 515 g/mol. The Balaban J connectivity index is 1.65. The van der Waals surface area contributed by atoms with Gasteiger partial charge in [-0.05, 0) is 54.1 Å². The number of thiazole rings is 1. The van der Waals surface area contributed by atoms with Crippen molar-refractivity contribution in [3.05, 3.63) is 83.4 Å². The molecule has 6 nitrogen and oxygen atoms in total. The molecule has 1 N–H and O–H groups in total. The van der Waals surface area contributed by atoms with Crippen LogP contribution in [0.3, 0.4) is 0 Å². The van der Waals surface area contributed by atoms with E-state index in [9.17, 15) is 18.0 Å². The Morgan fingerprint density at radius 2 is 1.53 bits per heavy atom. The van der Waals surface area contributed by atoms with Crippen LogP contribution >= 0.6 is 11.3 Å². The third kappa shape index (κ3) is 5.95. The number of nitrogens with zero attached hydrogens (tertiary/aromatic N) is 1. The third-order valence-electron chi connectivity index (χ3n) is 5.06. The minimum absolute atomic E-state index is 0.0436. The standard InChI is InChI=1S/C26H20F3NO5S/c1-33-19-12-8-16(9-13-19)24-25(17-6-10-18(11-7-17)26(27,28)29)36-22(30-24)14-34-20-4-2-3-5-21(20)35-15-23(31)32/h2-13H,14-15H2,1H3,(H,31,32). The number of alkyl halides is 3. The van der Waals surface area contributed by atoms with Crippen LogP contribution in [0.15, 0.2) is 72.8 Å². The second-order valence-corrected chi connectivity index (χ2v) is 8.59. The number of methoxy groups -OCH3 is 1. The summed E-state index contributed by atoms with van der Waals surface area (Å²) >= 11 is 1.29. The van der Waals surface area contributed by atoms with Crippen molar-refractivity contribution in [2.75, 3.05) is 13.7 Å². The van der Waals surface area contributed by atoms with E-state index in [1.165, 1.54) is 23.5 Å². The van der Waals surface area contributed by atoms with E-state index >= 15 is 0 Å². The SMILES string of the molecule is COc1ccc(-c2nc(COc3ccccc3OCC(=O)O)sc2-c2ccc(C(F)(F)F)cc2)cc1. The van der Waals surface area contributed by atoms with Gasteiger partial charge in [-0.3, -0.25) is 0 Å². The highest BCUT2D eigenvalue weighted by Crippen LogP contribution is 2.39. The van der Waals surface area contributed by atoms with Crippen molar-refractivity contribution in [1.29, 1.82) is 0 Å². The molecule has 1 aromatic heterocycles. The maximum Gasteiger partial charge on any atom is 0.416 e. The topological polar surface area (TPSA) is 77.9 Å². The highest BCUT2D eigenvalue weighted by molar-refractivity contribution is 7.15. The molecule has 0 spiro atoms. The van der Waals surface area contributed by atoms with Crippen LogP contribution in [-0.4, -0.2) is 29.8 Å². The average molecular weight is 516 g/mol. The molecule has 0 fully saturated rings. The van der Waals surface area contributed by atoms with E-state index in [0.29, 0.717) is 32.6 Å². The Kier molecular flexibility index (Phi) is 7.44. The van der Waals surface area contributed by atoms with Crippen LogP contribution in [0.2, 0.25) is 0 Å². The highest BCUT2D eigenvalue weighted by atomic mass is 32.1. The number of hydrogen-bond donors (Lipinski definition) is 1. The van der Waals surface area contributed by atoms with Crippen molar-refractivity contribution < 1.29 is 37.3 Å². The summed E-state index contributed by atoms with van der Waals surface area (Å²) in [6.45, 7) is -0.473. The molecule has 0 saturated carbocycles. The van der Waals surface area contributed by atoms with Crippen LogP contribution in [-0.2, 0) is 17.6 Å². The van der Waals surface area contributed by atoms with E-state index < -0.39 is 24.3 Å². The van der Waals surface area contributed by atoms with Gasteiger partial charge in [0.15, 0.2) is 18.1 Å². The molecule has 186 valence electrons. The van der Waals surface area contributed by atoms with Crippen molar-refractivity contribution >= 4 is 17.3 Å². The van der Waals surface area contributed by atoms with Crippen molar-refractivity contribution in [2.24, 2.45) is 0 Å². The Hall–Kier alpha value is -4.05. The molecule has 0 aliphatic rings. The molecule has 0 saturated heterocycles. The lowest BCUT2D eigenvalue weighted by Crippen LogP contribution is -2.10. The second-order valence-electron chi connectivity index (χ2n) is 7.51. The summed E-state index contributed by atoms with van der Waals surface area (Å²) in [5.74, 6) is 0.160. The van der Waals surface area contributed by atoms with Gasteiger partial charge in [-0.1, -0.05) is 24.3 Å². The molecule has 0 unspecified atom stereocenters. The maximum atomic E-state index is 13.1. The van der Waals surface area contributed by atoms with E-state index in [0.717, 1.165) is 17.7 Å². The molecule has 0 amide bonds. The van der Waals surface area contributed by atoms with E-state index in [2.05, 4.69) is 0 Å². The zero-order chi connectivity index (χ0) is 25.7. The minimum Gasteiger partial charge on any atom is -0.497 e. The predicted molar refractivity (Wildman–Crippen MR) is 128 cm³/mol. The molecular formula is C26H20F3NO5S. The number of halogens is 3. The van der Waals surface area contributed by atoms with Crippen LogP contribution in [0.1, 0.15) is 10.6 Å². The van der Waals surface area contributed by atoms with Gasteiger partial charge in [0.05, 0.1) is 23.2 Å². The lowest BCUT2D eigenvalue weighted by molar-refractivity contribution is -0.139. The van der Waals surface area contributed by atoms with E-state index in [1.807, 2.05) is 12.1 Å². The number of hydrogen-bond acceptors (Lipinski definition) is 6. The average Bonchev–Trinajstić information content (AvgIpc) is 3.30. The van der Waals surface area contributed by atoms with E-state index in [4.69, 9.17) is 24.3 Å². The molecule has 0 radical (unpaired) electrons. The first kappa shape index (κ1) is 25.1. The quantitative estimate of drug-likeness (QED) is 0.273. The fraction of sp³-hybridized carbons (Fsp3) is 0.154. The number of carboxylic acids is 1. The van der Waals surface area contributed by atoms with Crippen molar-refractivity contribution in [3.8, 4) is 38.9 Å². The summed E-state index contributed by atoms with van der Waals surface area (Å²) in [5, 5.41) is 9.45. The number of carbonyl (C=O) groups is 1. The molecule has 10 heteroatoms. The van der Waals surface area contributed by atoms with Crippen LogP contribution in [0.5, 0.6) is 17.2 Å². The number of ether oxygens (including phenoxy) is 3. The largest absolute Gasteiger partial charge is 0.497 e. The normalized spacial score (nSPS) is 11.2. The molecule has 0 aliphatic carbocycles. The summed E-state index contributed by atoms with van der Waals surface area (Å²) in [6, 6.07) is 18.8. The van der Waals surface area contributed by atoms with Gasteiger partial charge < -0.3 is 19.3 Å². The Morgan fingerprint density at radius 1 is 0.917 bits per heavy atom. The van der Waals surface area contributed by atoms with Gasteiger partial charge in [0.1, 0.15) is 17.4 Å². The van der Waals surface area contributed by atoms with Crippen LogP contribution < -0.4 is 14.2 Å². The lowest BCUT2D eigenvalue weighted by Gasteiger charge is -2.10. The van der Waals surface area contributed by atoms with Gasteiger partial charge in [-0.25, -0.2) is 9.78 Å². The Bertz CT molecular complexity index is 1340. The zero-order valence-corrected chi connectivity index (χ0v) is 19.7. The summed E-state index contributed by atoms with van der Waals surface area (Å²) in [4.78, 5) is 16.2. The molecule has 36 heavy (non-hydrogen) atoms. The van der Waals surface area contributed by atoms with Crippen LogP contribution in [0.4, 0.5) is 13.2 Å². The van der Waals surface area contributed by atoms with Crippen molar-refractivity contribution in [1.82, 2.24) is 4.98 Å². The number of benzene rings is 3. The summed E-state index contributed by atoms with van der Waals surface area (Å²) in [6.07, 6.45) is -4.43. The number of aromatic nitrogens is 1.